The van der Waals surface area contributed by atoms with E-state index in [2.05, 4.69) is 11.0 Å². The fraction of sp³-hybridized carbons (Fsp3) is 0.500. The second-order valence-corrected chi connectivity index (χ2v) is 4.67. The summed E-state index contributed by atoms with van der Waals surface area (Å²) >= 11 is 0. The Labute approximate surface area is 107 Å². The highest BCUT2D eigenvalue weighted by atomic mass is 19.1. The molecule has 0 N–H and O–H groups in total. The summed E-state index contributed by atoms with van der Waals surface area (Å²) in [7, 11) is 2.02. The fourth-order valence-electron chi connectivity index (χ4n) is 2.33. The van der Waals surface area contributed by atoms with Crippen LogP contribution < -0.4 is 0 Å². The van der Waals surface area contributed by atoms with Crippen molar-refractivity contribution in [3.05, 3.63) is 35.1 Å². The number of hydrogen-bond acceptors (Lipinski definition) is 3. The maximum atomic E-state index is 13.2. The number of halogens is 1. The van der Waals surface area contributed by atoms with Crippen molar-refractivity contribution in [2.45, 2.75) is 25.4 Å². The SMILES string of the molecule is CN(Cc1cc(F)ccc1C#N)C1CCOCC1. The average molecular weight is 248 g/mol. The molecule has 0 bridgehead atoms. The molecule has 0 radical (unpaired) electrons. The number of benzene rings is 1. The highest BCUT2D eigenvalue weighted by Crippen LogP contribution is 2.18. The lowest BCUT2D eigenvalue weighted by atomic mass is 10.0. The predicted octanol–water partition coefficient (Wildman–Crippen LogP) is 2.31. The number of hydrogen-bond donors (Lipinski definition) is 0. The van der Waals surface area contributed by atoms with Crippen LogP contribution in [0.15, 0.2) is 18.2 Å². The first kappa shape index (κ1) is 13.0. The molecule has 0 spiro atoms. The first-order chi connectivity index (χ1) is 8.70. The van der Waals surface area contributed by atoms with Crippen LogP contribution in [0.25, 0.3) is 0 Å². The maximum absolute atomic E-state index is 13.2. The third-order valence-electron chi connectivity index (χ3n) is 3.42. The lowest BCUT2D eigenvalue weighted by Crippen LogP contribution is -2.36. The smallest absolute Gasteiger partial charge is 0.123 e. The summed E-state index contributed by atoms with van der Waals surface area (Å²) in [5.74, 6) is -0.288. The van der Waals surface area contributed by atoms with Crippen LogP contribution in [0, 0.1) is 17.1 Å². The van der Waals surface area contributed by atoms with Gasteiger partial charge >= 0.3 is 0 Å². The van der Waals surface area contributed by atoms with Crippen molar-refractivity contribution in [3.63, 3.8) is 0 Å². The van der Waals surface area contributed by atoms with Gasteiger partial charge in [-0.15, -0.1) is 0 Å². The van der Waals surface area contributed by atoms with Gasteiger partial charge < -0.3 is 4.74 Å². The van der Waals surface area contributed by atoms with Gasteiger partial charge in [-0.05, 0) is 43.7 Å². The van der Waals surface area contributed by atoms with Gasteiger partial charge in [0.05, 0.1) is 11.6 Å². The van der Waals surface area contributed by atoms with Crippen LogP contribution in [0.3, 0.4) is 0 Å². The second kappa shape index (κ2) is 5.94. The van der Waals surface area contributed by atoms with Gasteiger partial charge in [0.1, 0.15) is 5.82 Å². The number of nitrogens with zero attached hydrogens (tertiary/aromatic N) is 2. The van der Waals surface area contributed by atoms with Crippen LogP contribution in [0.4, 0.5) is 4.39 Å². The lowest BCUT2D eigenvalue weighted by molar-refractivity contribution is 0.0406. The van der Waals surface area contributed by atoms with Crippen molar-refractivity contribution >= 4 is 0 Å². The summed E-state index contributed by atoms with van der Waals surface area (Å²) in [6.45, 7) is 2.16. The summed E-state index contributed by atoms with van der Waals surface area (Å²) in [5.41, 5.74) is 1.31. The molecule has 1 fully saturated rings. The van der Waals surface area contributed by atoms with Gasteiger partial charge in [0.15, 0.2) is 0 Å². The Kier molecular flexibility index (Phi) is 4.29. The maximum Gasteiger partial charge on any atom is 0.123 e. The Bertz CT molecular complexity index is 450. The van der Waals surface area contributed by atoms with Gasteiger partial charge in [0, 0.05) is 25.8 Å². The molecule has 1 aromatic carbocycles. The standard InChI is InChI=1S/C14H17FN2O/c1-17(14-4-6-18-7-5-14)10-12-8-13(15)3-2-11(12)9-16/h2-3,8,14H,4-7,10H2,1H3. The Balaban J connectivity index is 2.08. The number of rotatable bonds is 3. The van der Waals surface area contributed by atoms with E-state index in [0.717, 1.165) is 31.6 Å². The molecule has 0 aromatic heterocycles. The zero-order valence-electron chi connectivity index (χ0n) is 10.5. The highest BCUT2D eigenvalue weighted by Gasteiger charge is 2.19. The van der Waals surface area contributed by atoms with E-state index < -0.39 is 0 Å². The summed E-state index contributed by atoms with van der Waals surface area (Å²) in [6.07, 6.45) is 1.99. The van der Waals surface area contributed by atoms with Crippen molar-refractivity contribution < 1.29 is 9.13 Å². The Morgan fingerprint density at radius 2 is 2.17 bits per heavy atom. The zero-order chi connectivity index (χ0) is 13.0. The molecule has 1 heterocycles. The first-order valence-electron chi connectivity index (χ1n) is 6.17. The zero-order valence-corrected chi connectivity index (χ0v) is 10.5. The molecule has 4 heteroatoms. The summed E-state index contributed by atoms with van der Waals surface area (Å²) in [4.78, 5) is 2.18. The summed E-state index contributed by atoms with van der Waals surface area (Å²) in [6, 6.07) is 6.89. The Morgan fingerprint density at radius 1 is 1.44 bits per heavy atom. The molecular weight excluding hydrogens is 231 g/mol. The van der Waals surface area contributed by atoms with Crippen molar-refractivity contribution in [2.75, 3.05) is 20.3 Å². The van der Waals surface area contributed by atoms with E-state index in [4.69, 9.17) is 10.00 Å². The van der Waals surface area contributed by atoms with E-state index in [9.17, 15) is 4.39 Å². The van der Waals surface area contributed by atoms with Gasteiger partial charge in [-0.3, -0.25) is 4.90 Å². The molecule has 2 rings (SSSR count). The van der Waals surface area contributed by atoms with Crippen molar-refractivity contribution in [3.8, 4) is 6.07 Å². The van der Waals surface area contributed by atoms with Gasteiger partial charge in [0.2, 0.25) is 0 Å². The van der Waals surface area contributed by atoms with E-state index in [-0.39, 0.29) is 5.82 Å². The Hall–Kier alpha value is -1.44. The molecule has 3 nitrogen and oxygen atoms in total. The lowest BCUT2D eigenvalue weighted by Gasteiger charge is -2.31. The van der Waals surface area contributed by atoms with Crippen LogP contribution in [0.5, 0.6) is 0 Å². The minimum absolute atomic E-state index is 0.288. The average Bonchev–Trinajstić information content (AvgIpc) is 2.40. The molecule has 0 saturated carbocycles. The molecule has 1 aromatic rings. The minimum Gasteiger partial charge on any atom is -0.381 e. The minimum atomic E-state index is -0.288. The monoisotopic (exact) mass is 248 g/mol. The molecule has 1 aliphatic heterocycles. The van der Waals surface area contributed by atoms with Crippen LogP contribution in [-0.4, -0.2) is 31.2 Å². The molecule has 0 unspecified atom stereocenters. The van der Waals surface area contributed by atoms with Gasteiger partial charge in [0.25, 0.3) is 0 Å². The van der Waals surface area contributed by atoms with Gasteiger partial charge in [-0.25, -0.2) is 4.39 Å². The van der Waals surface area contributed by atoms with Crippen LogP contribution >= 0.6 is 0 Å². The summed E-state index contributed by atoms with van der Waals surface area (Å²) < 4.78 is 18.6. The van der Waals surface area contributed by atoms with E-state index in [1.54, 1.807) is 6.07 Å². The quantitative estimate of drug-likeness (QED) is 0.823. The fourth-order valence-corrected chi connectivity index (χ4v) is 2.33. The highest BCUT2D eigenvalue weighted by molar-refractivity contribution is 5.37. The first-order valence-corrected chi connectivity index (χ1v) is 6.17. The van der Waals surface area contributed by atoms with Crippen LogP contribution in [-0.2, 0) is 11.3 Å². The Morgan fingerprint density at radius 3 is 2.83 bits per heavy atom. The van der Waals surface area contributed by atoms with Crippen molar-refractivity contribution in [1.29, 1.82) is 5.26 Å². The number of nitriles is 1. The predicted molar refractivity (Wildman–Crippen MR) is 66.4 cm³/mol. The van der Waals surface area contributed by atoms with E-state index in [1.165, 1.54) is 12.1 Å². The topological polar surface area (TPSA) is 36.3 Å². The van der Waals surface area contributed by atoms with Gasteiger partial charge in [-0.2, -0.15) is 5.26 Å². The van der Waals surface area contributed by atoms with Crippen molar-refractivity contribution in [1.82, 2.24) is 4.90 Å². The number of ether oxygens (including phenoxy) is 1. The van der Waals surface area contributed by atoms with Gasteiger partial charge in [-0.1, -0.05) is 0 Å². The molecule has 0 amide bonds. The van der Waals surface area contributed by atoms with Crippen molar-refractivity contribution in [2.24, 2.45) is 0 Å². The summed E-state index contributed by atoms with van der Waals surface area (Å²) in [5, 5.41) is 9.02. The third kappa shape index (κ3) is 3.06. The van der Waals surface area contributed by atoms with E-state index in [1.807, 2.05) is 7.05 Å². The van der Waals surface area contributed by atoms with E-state index >= 15 is 0 Å². The second-order valence-electron chi connectivity index (χ2n) is 4.67. The molecule has 18 heavy (non-hydrogen) atoms. The normalized spacial score (nSPS) is 16.8. The third-order valence-corrected chi connectivity index (χ3v) is 3.42. The molecule has 1 aliphatic rings. The molecule has 0 aliphatic carbocycles. The largest absolute Gasteiger partial charge is 0.381 e. The molecular formula is C14H17FN2O. The van der Waals surface area contributed by atoms with Crippen LogP contribution in [0.2, 0.25) is 0 Å². The van der Waals surface area contributed by atoms with Crippen LogP contribution in [0.1, 0.15) is 24.0 Å². The molecule has 0 atom stereocenters. The van der Waals surface area contributed by atoms with E-state index in [0.29, 0.717) is 18.2 Å². The molecule has 1 saturated heterocycles. The molecule has 96 valence electrons.